The zero-order valence-electron chi connectivity index (χ0n) is 11.4. The van der Waals surface area contributed by atoms with Gasteiger partial charge in [-0.1, -0.05) is 0 Å². The Balaban J connectivity index is 2.56. The van der Waals surface area contributed by atoms with Crippen molar-refractivity contribution in [2.24, 2.45) is 0 Å². The standard InChI is InChI=1S/C13H13F3N2O4/c1-7(12(21)22)18-10(19)6-17-11(20)8-2-4-9(5-3-8)13(14,15)16/h2-5,7H,6H2,1H3,(H,17,20)(H,18,19)(H,21,22). The van der Waals surface area contributed by atoms with Gasteiger partial charge in [0.2, 0.25) is 5.91 Å². The molecule has 6 nitrogen and oxygen atoms in total. The van der Waals surface area contributed by atoms with Crippen LogP contribution in [0.4, 0.5) is 13.2 Å². The number of carbonyl (C=O) groups is 3. The second-order valence-electron chi connectivity index (χ2n) is 4.39. The number of carboxylic acid groups (broad SMARTS) is 1. The highest BCUT2D eigenvalue weighted by Crippen LogP contribution is 2.28. The van der Waals surface area contributed by atoms with Crippen molar-refractivity contribution in [3.05, 3.63) is 35.4 Å². The second-order valence-corrected chi connectivity index (χ2v) is 4.39. The van der Waals surface area contributed by atoms with Gasteiger partial charge in [0.15, 0.2) is 0 Å². The van der Waals surface area contributed by atoms with Gasteiger partial charge in [-0.2, -0.15) is 13.2 Å². The largest absolute Gasteiger partial charge is 0.480 e. The summed E-state index contributed by atoms with van der Waals surface area (Å²) in [5.41, 5.74) is -0.941. The summed E-state index contributed by atoms with van der Waals surface area (Å²) in [6.07, 6.45) is -4.50. The van der Waals surface area contributed by atoms with Crippen molar-refractivity contribution in [2.45, 2.75) is 19.1 Å². The highest BCUT2D eigenvalue weighted by atomic mass is 19.4. The van der Waals surface area contributed by atoms with Gasteiger partial charge < -0.3 is 15.7 Å². The molecule has 2 amide bonds. The van der Waals surface area contributed by atoms with Crippen LogP contribution in [0.25, 0.3) is 0 Å². The summed E-state index contributed by atoms with van der Waals surface area (Å²) in [4.78, 5) is 33.5. The fraction of sp³-hybridized carbons (Fsp3) is 0.308. The third-order valence-electron chi connectivity index (χ3n) is 2.63. The predicted molar refractivity (Wildman–Crippen MR) is 69.0 cm³/mol. The maximum Gasteiger partial charge on any atom is 0.416 e. The predicted octanol–water partition coefficient (Wildman–Crippen LogP) is 1.02. The van der Waals surface area contributed by atoms with Crippen molar-refractivity contribution < 1.29 is 32.7 Å². The van der Waals surface area contributed by atoms with Crippen LogP contribution in [0, 0.1) is 0 Å². The smallest absolute Gasteiger partial charge is 0.416 e. The SMILES string of the molecule is CC(NC(=O)CNC(=O)c1ccc(C(F)(F)F)cc1)C(=O)O. The maximum absolute atomic E-state index is 12.4. The van der Waals surface area contributed by atoms with Gasteiger partial charge in [-0.05, 0) is 31.2 Å². The van der Waals surface area contributed by atoms with Gasteiger partial charge in [-0.25, -0.2) is 0 Å². The topological polar surface area (TPSA) is 95.5 Å². The Bertz CT molecular complexity index is 570. The number of amides is 2. The van der Waals surface area contributed by atoms with Crippen LogP contribution in [0.2, 0.25) is 0 Å². The Labute approximate surface area is 123 Å². The number of benzene rings is 1. The molecule has 0 saturated carbocycles. The van der Waals surface area contributed by atoms with Crippen molar-refractivity contribution in [1.82, 2.24) is 10.6 Å². The Morgan fingerprint density at radius 2 is 1.73 bits per heavy atom. The quantitative estimate of drug-likeness (QED) is 0.755. The normalized spacial score (nSPS) is 12.4. The van der Waals surface area contributed by atoms with E-state index in [4.69, 9.17) is 5.11 Å². The van der Waals surface area contributed by atoms with Crippen molar-refractivity contribution in [3.63, 3.8) is 0 Å². The van der Waals surface area contributed by atoms with Crippen LogP contribution >= 0.6 is 0 Å². The van der Waals surface area contributed by atoms with Crippen molar-refractivity contribution in [1.29, 1.82) is 0 Å². The molecule has 0 radical (unpaired) electrons. The molecule has 0 heterocycles. The lowest BCUT2D eigenvalue weighted by Gasteiger charge is -2.10. The Hall–Kier alpha value is -2.58. The van der Waals surface area contributed by atoms with Gasteiger partial charge in [-0.15, -0.1) is 0 Å². The molecule has 120 valence electrons. The van der Waals surface area contributed by atoms with Gasteiger partial charge in [0.05, 0.1) is 12.1 Å². The molecule has 0 saturated heterocycles. The highest BCUT2D eigenvalue weighted by molar-refractivity contribution is 5.96. The Morgan fingerprint density at radius 1 is 1.18 bits per heavy atom. The summed E-state index contributed by atoms with van der Waals surface area (Å²) >= 11 is 0. The molecule has 0 aliphatic rings. The van der Waals surface area contributed by atoms with E-state index in [1.165, 1.54) is 6.92 Å². The van der Waals surface area contributed by atoms with Gasteiger partial charge >= 0.3 is 12.1 Å². The molecule has 0 fully saturated rings. The molecule has 0 aliphatic carbocycles. The maximum atomic E-state index is 12.4. The van der Waals surface area contributed by atoms with Crippen molar-refractivity contribution >= 4 is 17.8 Å². The summed E-state index contributed by atoms with van der Waals surface area (Å²) in [7, 11) is 0. The molecule has 0 bridgehead atoms. The van der Waals surface area contributed by atoms with Gasteiger partial charge in [0.25, 0.3) is 5.91 Å². The summed E-state index contributed by atoms with van der Waals surface area (Å²) in [5, 5.41) is 12.9. The third-order valence-corrected chi connectivity index (χ3v) is 2.63. The van der Waals surface area contributed by atoms with E-state index in [1.54, 1.807) is 0 Å². The van der Waals surface area contributed by atoms with Crippen LogP contribution < -0.4 is 10.6 Å². The molecule has 0 aromatic heterocycles. The van der Waals surface area contributed by atoms with E-state index in [-0.39, 0.29) is 5.56 Å². The lowest BCUT2D eigenvalue weighted by atomic mass is 10.1. The van der Waals surface area contributed by atoms with Crippen molar-refractivity contribution in [3.8, 4) is 0 Å². The fourth-order valence-electron chi connectivity index (χ4n) is 1.43. The van der Waals surface area contributed by atoms with E-state index in [1.807, 2.05) is 0 Å². The summed E-state index contributed by atoms with van der Waals surface area (Å²) < 4.78 is 37.1. The van der Waals surface area contributed by atoms with E-state index in [0.29, 0.717) is 0 Å². The molecular weight excluding hydrogens is 305 g/mol. The summed E-state index contributed by atoms with van der Waals surface area (Å²) in [6.45, 7) is 0.759. The van der Waals surface area contributed by atoms with Crippen LogP contribution in [-0.2, 0) is 15.8 Å². The van der Waals surface area contributed by atoms with E-state index >= 15 is 0 Å². The van der Waals surface area contributed by atoms with Crippen LogP contribution in [0.3, 0.4) is 0 Å². The van der Waals surface area contributed by atoms with Crippen molar-refractivity contribution in [2.75, 3.05) is 6.54 Å². The number of alkyl halides is 3. The van der Waals surface area contributed by atoms with Gasteiger partial charge in [0.1, 0.15) is 6.04 Å². The minimum atomic E-state index is -4.50. The number of hydrogen-bond donors (Lipinski definition) is 3. The van der Waals surface area contributed by atoms with Gasteiger partial charge in [-0.3, -0.25) is 14.4 Å². The molecule has 1 aromatic rings. The molecule has 0 aliphatic heterocycles. The molecule has 1 unspecified atom stereocenters. The Morgan fingerprint density at radius 3 is 2.18 bits per heavy atom. The van der Waals surface area contributed by atoms with Crippen LogP contribution in [0.15, 0.2) is 24.3 Å². The molecule has 22 heavy (non-hydrogen) atoms. The summed E-state index contributed by atoms with van der Waals surface area (Å²) in [5.74, 6) is -2.70. The number of carbonyl (C=O) groups excluding carboxylic acids is 2. The molecule has 3 N–H and O–H groups in total. The lowest BCUT2D eigenvalue weighted by Crippen LogP contribution is -2.44. The van der Waals surface area contributed by atoms with E-state index in [2.05, 4.69) is 10.6 Å². The number of halogens is 3. The first-order valence-electron chi connectivity index (χ1n) is 6.09. The monoisotopic (exact) mass is 318 g/mol. The molecule has 9 heteroatoms. The first-order chi connectivity index (χ1) is 10.1. The summed E-state index contributed by atoms with van der Waals surface area (Å²) in [6, 6.07) is 2.35. The van der Waals surface area contributed by atoms with E-state index in [0.717, 1.165) is 24.3 Å². The van der Waals surface area contributed by atoms with Crippen LogP contribution in [0.1, 0.15) is 22.8 Å². The minimum Gasteiger partial charge on any atom is -0.480 e. The Kier molecular flexibility index (Phi) is 5.50. The zero-order valence-corrected chi connectivity index (χ0v) is 11.4. The molecule has 1 atom stereocenters. The van der Waals surface area contributed by atoms with E-state index < -0.39 is 42.1 Å². The molecular formula is C13H13F3N2O4. The molecule has 0 spiro atoms. The average Bonchev–Trinajstić information content (AvgIpc) is 2.43. The first kappa shape index (κ1) is 17.5. The number of aliphatic carboxylic acids is 1. The number of nitrogens with one attached hydrogen (secondary N) is 2. The first-order valence-corrected chi connectivity index (χ1v) is 6.09. The number of carboxylic acids is 1. The third kappa shape index (κ3) is 5.08. The molecule has 1 aromatic carbocycles. The lowest BCUT2D eigenvalue weighted by molar-refractivity contribution is -0.141. The zero-order chi connectivity index (χ0) is 16.9. The molecule has 1 rings (SSSR count). The van der Waals surface area contributed by atoms with Gasteiger partial charge in [0, 0.05) is 5.56 Å². The fourth-order valence-corrected chi connectivity index (χ4v) is 1.43. The number of hydrogen-bond acceptors (Lipinski definition) is 3. The minimum absolute atomic E-state index is 0.0490. The van der Waals surface area contributed by atoms with Crippen LogP contribution in [0.5, 0.6) is 0 Å². The highest BCUT2D eigenvalue weighted by Gasteiger charge is 2.30. The average molecular weight is 318 g/mol. The van der Waals surface area contributed by atoms with E-state index in [9.17, 15) is 27.6 Å². The second kappa shape index (κ2) is 6.92. The van der Waals surface area contributed by atoms with Crippen LogP contribution in [-0.4, -0.2) is 35.5 Å². The number of rotatable bonds is 5.